The van der Waals surface area contributed by atoms with Crippen molar-refractivity contribution in [3.8, 4) is 0 Å². The Hall–Kier alpha value is -0.120. The highest BCUT2D eigenvalue weighted by atomic mass is 16.5. The van der Waals surface area contributed by atoms with Gasteiger partial charge in [-0.05, 0) is 12.8 Å². The van der Waals surface area contributed by atoms with Crippen LogP contribution in [0.4, 0.5) is 0 Å². The lowest BCUT2D eigenvalue weighted by atomic mass is 9.80. The molecule has 1 heterocycles. The topological polar surface area (TPSA) is 49.7 Å². The number of rotatable bonds is 0. The molecule has 2 N–H and O–H groups in total. The first-order valence-electron chi connectivity index (χ1n) is 4.23. The number of ether oxygens (including phenoxy) is 1. The Morgan fingerprint density at radius 1 is 1.36 bits per heavy atom. The molecule has 1 aliphatic heterocycles. The molecule has 11 heavy (non-hydrogen) atoms. The van der Waals surface area contributed by atoms with E-state index in [0.717, 1.165) is 12.8 Å². The van der Waals surface area contributed by atoms with Crippen LogP contribution < -0.4 is 0 Å². The summed E-state index contributed by atoms with van der Waals surface area (Å²) in [6, 6.07) is 0. The molecular formula is C8H14O3. The molecule has 2 fully saturated rings. The van der Waals surface area contributed by atoms with Gasteiger partial charge < -0.3 is 14.9 Å². The van der Waals surface area contributed by atoms with Crippen LogP contribution in [0, 0.1) is 0 Å². The molecule has 0 spiro atoms. The molecule has 0 unspecified atom stereocenters. The summed E-state index contributed by atoms with van der Waals surface area (Å²) in [4.78, 5) is 0. The van der Waals surface area contributed by atoms with Gasteiger partial charge in [0.05, 0.1) is 17.8 Å². The second kappa shape index (κ2) is 2.44. The highest BCUT2D eigenvalue weighted by Gasteiger charge is 2.46. The van der Waals surface area contributed by atoms with Crippen molar-refractivity contribution in [3.05, 3.63) is 0 Å². The Morgan fingerprint density at radius 3 is 3.00 bits per heavy atom. The molecule has 0 aromatic heterocycles. The summed E-state index contributed by atoms with van der Waals surface area (Å²) in [5.74, 6) is 0. The van der Waals surface area contributed by atoms with Gasteiger partial charge in [-0.2, -0.15) is 0 Å². The molecule has 0 radical (unpaired) electrons. The monoisotopic (exact) mass is 158 g/mol. The van der Waals surface area contributed by atoms with Crippen LogP contribution in [-0.2, 0) is 4.74 Å². The summed E-state index contributed by atoms with van der Waals surface area (Å²) >= 11 is 0. The summed E-state index contributed by atoms with van der Waals surface area (Å²) in [5.41, 5.74) is -0.612. The minimum Gasteiger partial charge on any atom is -0.393 e. The molecular weight excluding hydrogens is 144 g/mol. The van der Waals surface area contributed by atoms with E-state index in [1.54, 1.807) is 0 Å². The summed E-state index contributed by atoms with van der Waals surface area (Å²) in [7, 11) is 0. The van der Waals surface area contributed by atoms with Crippen molar-refractivity contribution in [3.63, 3.8) is 0 Å². The lowest BCUT2D eigenvalue weighted by molar-refractivity contribution is -0.0935. The molecule has 1 saturated heterocycles. The lowest BCUT2D eigenvalue weighted by Gasteiger charge is -2.35. The number of hydrogen-bond acceptors (Lipinski definition) is 3. The third kappa shape index (κ3) is 1.17. The van der Waals surface area contributed by atoms with Gasteiger partial charge in [-0.3, -0.25) is 0 Å². The molecule has 0 aromatic rings. The fraction of sp³-hybridized carbons (Fsp3) is 1.00. The van der Waals surface area contributed by atoms with Gasteiger partial charge >= 0.3 is 0 Å². The number of fused-ring (bicyclic) bond motifs is 1. The number of hydrogen-bond donors (Lipinski definition) is 2. The standard InChI is InChI=1S/C8H14O3/c9-6-1-2-8(10)3-4-11-7(8)5-6/h6-7,9-10H,1-5H2/t6-,7+,8+/m1/s1. The van der Waals surface area contributed by atoms with Crippen LogP contribution in [0.15, 0.2) is 0 Å². The van der Waals surface area contributed by atoms with Crippen molar-refractivity contribution in [2.45, 2.75) is 43.5 Å². The predicted molar refractivity (Wildman–Crippen MR) is 39.2 cm³/mol. The molecule has 64 valence electrons. The molecule has 0 bridgehead atoms. The number of aliphatic hydroxyl groups excluding tert-OH is 1. The van der Waals surface area contributed by atoms with Crippen molar-refractivity contribution < 1.29 is 14.9 Å². The Morgan fingerprint density at radius 2 is 2.18 bits per heavy atom. The SMILES string of the molecule is O[C@@H]1CC[C@]2(O)CCO[C@H]2C1. The van der Waals surface area contributed by atoms with E-state index in [9.17, 15) is 10.2 Å². The minimum atomic E-state index is -0.612. The fourth-order valence-corrected chi connectivity index (χ4v) is 2.05. The summed E-state index contributed by atoms with van der Waals surface area (Å²) in [5, 5.41) is 19.2. The third-order valence-electron chi connectivity index (χ3n) is 2.85. The van der Waals surface area contributed by atoms with Crippen molar-refractivity contribution in [2.75, 3.05) is 6.61 Å². The maximum absolute atomic E-state index is 9.89. The molecule has 3 nitrogen and oxygen atoms in total. The molecule has 2 aliphatic rings. The first-order chi connectivity index (χ1) is 5.21. The smallest absolute Gasteiger partial charge is 0.0932 e. The van der Waals surface area contributed by atoms with Crippen molar-refractivity contribution in [1.82, 2.24) is 0 Å². The predicted octanol–water partition coefficient (Wildman–Crippen LogP) is 0.0512. The van der Waals surface area contributed by atoms with E-state index in [4.69, 9.17) is 4.74 Å². The van der Waals surface area contributed by atoms with Gasteiger partial charge in [0.2, 0.25) is 0 Å². The zero-order chi connectivity index (χ0) is 7.90. The Labute approximate surface area is 66.0 Å². The van der Waals surface area contributed by atoms with E-state index in [2.05, 4.69) is 0 Å². The van der Waals surface area contributed by atoms with Crippen molar-refractivity contribution >= 4 is 0 Å². The third-order valence-corrected chi connectivity index (χ3v) is 2.85. The quantitative estimate of drug-likeness (QED) is 0.523. The Bertz CT molecular complexity index is 159. The maximum Gasteiger partial charge on any atom is 0.0932 e. The zero-order valence-corrected chi connectivity index (χ0v) is 6.49. The van der Waals surface area contributed by atoms with Crippen LogP contribution in [0.3, 0.4) is 0 Å². The Balaban J connectivity index is 2.08. The van der Waals surface area contributed by atoms with Gasteiger partial charge in [-0.1, -0.05) is 0 Å². The minimum absolute atomic E-state index is 0.105. The normalized spacial score (nSPS) is 50.7. The van der Waals surface area contributed by atoms with Gasteiger partial charge in [0.25, 0.3) is 0 Å². The maximum atomic E-state index is 9.89. The second-order valence-electron chi connectivity index (χ2n) is 3.64. The van der Waals surface area contributed by atoms with Gasteiger partial charge in [0.1, 0.15) is 0 Å². The largest absolute Gasteiger partial charge is 0.393 e. The molecule has 0 aromatic carbocycles. The van der Waals surface area contributed by atoms with Crippen LogP contribution in [0.5, 0.6) is 0 Å². The van der Waals surface area contributed by atoms with E-state index in [1.807, 2.05) is 0 Å². The van der Waals surface area contributed by atoms with Crippen LogP contribution >= 0.6 is 0 Å². The fourth-order valence-electron chi connectivity index (χ4n) is 2.05. The van der Waals surface area contributed by atoms with Crippen LogP contribution in [-0.4, -0.2) is 34.6 Å². The average molecular weight is 158 g/mol. The van der Waals surface area contributed by atoms with E-state index >= 15 is 0 Å². The number of aliphatic hydroxyl groups is 2. The first-order valence-corrected chi connectivity index (χ1v) is 4.23. The summed E-state index contributed by atoms with van der Waals surface area (Å²) in [6.45, 7) is 0.647. The van der Waals surface area contributed by atoms with Crippen LogP contribution in [0.1, 0.15) is 25.7 Å². The van der Waals surface area contributed by atoms with Gasteiger partial charge in [-0.25, -0.2) is 0 Å². The Kier molecular flexibility index (Phi) is 1.67. The van der Waals surface area contributed by atoms with Crippen molar-refractivity contribution in [2.24, 2.45) is 0 Å². The van der Waals surface area contributed by atoms with Gasteiger partial charge in [-0.15, -0.1) is 0 Å². The van der Waals surface area contributed by atoms with E-state index in [-0.39, 0.29) is 12.2 Å². The zero-order valence-electron chi connectivity index (χ0n) is 6.49. The molecule has 3 heteroatoms. The van der Waals surface area contributed by atoms with E-state index in [0.29, 0.717) is 19.4 Å². The van der Waals surface area contributed by atoms with Gasteiger partial charge in [0, 0.05) is 19.4 Å². The lowest BCUT2D eigenvalue weighted by Crippen LogP contribution is -2.44. The van der Waals surface area contributed by atoms with Crippen molar-refractivity contribution in [1.29, 1.82) is 0 Å². The average Bonchev–Trinajstić information content (AvgIpc) is 2.31. The highest BCUT2D eigenvalue weighted by Crippen LogP contribution is 2.37. The molecule has 2 rings (SSSR count). The van der Waals surface area contributed by atoms with E-state index < -0.39 is 5.60 Å². The van der Waals surface area contributed by atoms with Gasteiger partial charge in [0.15, 0.2) is 0 Å². The molecule has 1 aliphatic carbocycles. The highest BCUT2D eigenvalue weighted by molar-refractivity contribution is 4.97. The van der Waals surface area contributed by atoms with Crippen LogP contribution in [0.2, 0.25) is 0 Å². The van der Waals surface area contributed by atoms with E-state index in [1.165, 1.54) is 0 Å². The molecule has 3 atom stereocenters. The second-order valence-corrected chi connectivity index (χ2v) is 3.64. The summed E-state index contributed by atoms with van der Waals surface area (Å²) in [6.07, 6.45) is 2.39. The first kappa shape index (κ1) is 7.53. The molecule has 0 amide bonds. The summed E-state index contributed by atoms with van der Waals surface area (Å²) < 4.78 is 5.32. The molecule has 1 saturated carbocycles. The van der Waals surface area contributed by atoms with Crippen LogP contribution in [0.25, 0.3) is 0 Å².